The predicted molar refractivity (Wildman–Crippen MR) is 116 cm³/mol. The number of benzene rings is 1. The van der Waals surface area contributed by atoms with Crippen LogP contribution >= 0.6 is 11.3 Å². The highest BCUT2D eigenvalue weighted by molar-refractivity contribution is 7.92. The van der Waals surface area contributed by atoms with Gasteiger partial charge in [0, 0.05) is 19.6 Å². The third kappa shape index (κ3) is 5.59. The minimum absolute atomic E-state index is 0.335. The van der Waals surface area contributed by atoms with Crippen molar-refractivity contribution in [3.63, 3.8) is 0 Å². The molecule has 1 aromatic carbocycles. The van der Waals surface area contributed by atoms with Gasteiger partial charge >= 0.3 is 5.97 Å². The number of hydrogen-bond donors (Lipinski definition) is 0. The van der Waals surface area contributed by atoms with Gasteiger partial charge < -0.3 is 14.2 Å². The van der Waals surface area contributed by atoms with Gasteiger partial charge in [-0.3, -0.25) is 9.59 Å². The highest BCUT2D eigenvalue weighted by Gasteiger charge is 2.25. The fourth-order valence-corrected chi connectivity index (χ4v) is 5.76. The summed E-state index contributed by atoms with van der Waals surface area (Å²) in [6.45, 7) is 3.48. The lowest BCUT2D eigenvalue weighted by Crippen LogP contribution is -2.40. The zero-order valence-corrected chi connectivity index (χ0v) is 19.1. The molecule has 9 nitrogen and oxygen atoms in total. The second-order valence-corrected chi connectivity index (χ2v) is 10.4. The number of methoxy groups -OCH3 is 1. The third-order valence-electron chi connectivity index (χ3n) is 5.04. The van der Waals surface area contributed by atoms with E-state index < -0.39 is 39.1 Å². The molecule has 0 aliphatic carbocycles. The number of likely N-dealkylation sites (tertiary alicyclic amines) is 1. The smallest absolute Gasteiger partial charge is 0.337 e. The Morgan fingerprint density at radius 1 is 1.13 bits per heavy atom. The SMILES string of the molecule is CCn1c(=NC(=O)CS(=O)(=O)CC(=O)N2CCCCC2)sc2cc(C(=O)OC)ccc21. The standard InChI is InChI=1S/C20H25N3O6S2/c1-3-23-15-8-7-14(19(26)29-2)11-16(15)30-20(23)21-17(24)12-31(27,28)13-18(25)22-9-5-4-6-10-22/h7-8,11H,3-6,9-10,12-13H2,1-2H3. The van der Waals surface area contributed by atoms with Crippen molar-refractivity contribution in [3.8, 4) is 0 Å². The number of ether oxygens (including phenoxy) is 1. The second-order valence-electron chi connectivity index (χ2n) is 7.28. The van der Waals surface area contributed by atoms with Crippen LogP contribution in [-0.2, 0) is 30.7 Å². The summed E-state index contributed by atoms with van der Waals surface area (Å²) >= 11 is 1.18. The number of piperidine rings is 1. The second kappa shape index (κ2) is 9.73. The molecule has 2 aromatic rings. The molecule has 0 atom stereocenters. The van der Waals surface area contributed by atoms with Crippen LogP contribution in [0, 0.1) is 0 Å². The van der Waals surface area contributed by atoms with Crippen molar-refractivity contribution in [1.82, 2.24) is 9.47 Å². The molecule has 0 saturated carbocycles. The van der Waals surface area contributed by atoms with Crippen molar-refractivity contribution in [2.75, 3.05) is 31.7 Å². The van der Waals surface area contributed by atoms with Gasteiger partial charge in [-0.05, 0) is 44.4 Å². The summed E-state index contributed by atoms with van der Waals surface area (Å²) < 4.78 is 32.0. The lowest BCUT2D eigenvalue weighted by molar-refractivity contribution is -0.129. The molecule has 168 valence electrons. The van der Waals surface area contributed by atoms with Crippen LogP contribution in [0.5, 0.6) is 0 Å². The van der Waals surface area contributed by atoms with E-state index in [9.17, 15) is 22.8 Å². The summed E-state index contributed by atoms with van der Waals surface area (Å²) in [6.07, 6.45) is 2.75. The maximum atomic E-state index is 12.4. The topological polar surface area (TPSA) is 115 Å². The van der Waals surface area contributed by atoms with Crippen molar-refractivity contribution >= 4 is 49.2 Å². The molecular weight excluding hydrogens is 442 g/mol. The van der Waals surface area contributed by atoms with Crippen LogP contribution in [0.15, 0.2) is 23.2 Å². The van der Waals surface area contributed by atoms with Gasteiger partial charge in [0.15, 0.2) is 14.6 Å². The quantitative estimate of drug-likeness (QED) is 0.593. The summed E-state index contributed by atoms with van der Waals surface area (Å²) in [5.41, 5.74) is 1.14. The number of carbonyl (C=O) groups excluding carboxylic acids is 3. The van der Waals surface area contributed by atoms with E-state index in [0.29, 0.717) is 30.0 Å². The van der Waals surface area contributed by atoms with Gasteiger partial charge in [-0.15, -0.1) is 0 Å². The van der Waals surface area contributed by atoms with Crippen molar-refractivity contribution < 1.29 is 27.5 Å². The first-order chi connectivity index (χ1) is 14.7. The van der Waals surface area contributed by atoms with Crippen LogP contribution < -0.4 is 4.80 Å². The lowest BCUT2D eigenvalue weighted by Gasteiger charge is -2.26. The maximum absolute atomic E-state index is 12.4. The van der Waals surface area contributed by atoms with E-state index in [4.69, 9.17) is 4.74 Å². The maximum Gasteiger partial charge on any atom is 0.337 e. The largest absolute Gasteiger partial charge is 0.465 e. The first-order valence-electron chi connectivity index (χ1n) is 10.0. The van der Waals surface area contributed by atoms with Gasteiger partial charge in [-0.25, -0.2) is 13.2 Å². The van der Waals surface area contributed by atoms with E-state index >= 15 is 0 Å². The predicted octanol–water partition coefficient (Wildman–Crippen LogP) is 1.36. The summed E-state index contributed by atoms with van der Waals surface area (Å²) in [4.78, 5) is 42.3. The average molecular weight is 468 g/mol. The number of rotatable bonds is 6. The van der Waals surface area contributed by atoms with E-state index in [2.05, 4.69) is 4.99 Å². The zero-order chi connectivity index (χ0) is 22.6. The first-order valence-corrected chi connectivity index (χ1v) is 12.7. The molecule has 3 rings (SSSR count). The van der Waals surface area contributed by atoms with Crippen molar-refractivity contribution in [3.05, 3.63) is 28.6 Å². The van der Waals surface area contributed by atoms with Crippen LogP contribution in [0.3, 0.4) is 0 Å². The van der Waals surface area contributed by atoms with Crippen LogP contribution in [-0.4, -0.2) is 67.4 Å². The van der Waals surface area contributed by atoms with Gasteiger partial charge in [0.1, 0.15) is 11.5 Å². The Kier molecular flexibility index (Phi) is 7.26. The van der Waals surface area contributed by atoms with Crippen molar-refractivity contribution in [2.24, 2.45) is 4.99 Å². The molecule has 1 fully saturated rings. The molecule has 31 heavy (non-hydrogen) atoms. The molecule has 1 saturated heterocycles. The lowest BCUT2D eigenvalue weighted by atomic mass is 10.1. The number of sulfone groups is 1. The minimum Gasteiger partial charge on any atom is -0.465 e. The molecule has 0 N–H and O–H groups in total. The van der Waals surface area contributed by atoms with Gasteiger partial charge in [0.2, 0.25) is 5.91 Å². The summed E-state index contributed by atoms with van der Waals surface area (Å²) in [5.74, 6) is -3.27. The Hall–Kier alpha value is -2.53. The Labute approximate surface area is 184 Å². The molecular formula is C20H25N3O6S2. The molecule has 1 aromatic heterocycles. The van der Waals surface area contributed by atoms with E-state index in [0.717, 1.165) is 29.5 Å². The van der Waals surface area contributed by atoms with Gasteiger partial charge in [0.25, 0.3) is 5.91 Å². The zero-order valence-electron chi connectivity index (χ0n) is 17.5. The monoisotopic (exact) mass is 467 g/mol. The first kappa shape index (κ1) is 23.1. The van der Waals surface area contributed by atoms with Gasteiger partial charge in [0.05, 0.1) is 22.9 Å². The van der Waals surface area contributed by atoms with Crippen LogP contribution in [0.25, 0.3) is 10.2 Å². The van der Waals surface area contributed by atoms with Crippen molar-refractivity contribution in [2.45, 2.75) is 32.7 Å². The molecule has 0 radical (unpaired) electrons. The number of aromatic nitrogens is 1. The molecule has 11 heteroatoms. The summed E-state index contributed by atoms with van der Waals surface area (Å²) in [7, 11) is -2.63. The van der Waals surface area contributed by atoms with E-state index in [1.54, 1.807) is 27.7 Å². The average Bonchev–Trinajstić information content (AvgIpc) is 3.08. The highest BCUT2D eigenvalue weighted by atomic mass is 32.2. The molecule has 1 aliphatic rings. The number of carbonyl (C=O) groups is 3. The van der Waals surface area contributed by atoms with Gasteiger partial charge in [-0.1, -0.05) is 11.3 Å². The van der Waals surface area contributed by atoms with Crippen LogP contribution in [0.2, 0.25) is 0 Å². The number of aryl methyl sites for hydroxylation is 1. The van der Waals surface area contributed by atoms with Gasteiger partial charge in [-0.2, -0.15) is 4.99 Å². The molecule has 0 bridgehead atoms. The molecule has 2 heterocycles. The normalized spacial score (nSPS) is 15.3. The molecule has 2 amide bonds. The van der Waals surface area contributed by atoms with Crippen LogP contribution in [0.4, 0.5) is 0 Å². The fourth-order valence-electron chi connectivity index (χ4n) is 3.51. The third-order valence-corrected chi connectivity index (χ3v) is 7.45. The van der Waals surface area contributed by atoms with E-state index in [1.807, 2.05) is 6.92 Å². The highest BCUT2D eigenvalue weighted by Crippen LogP contribution is 2.20. The Morgan fingerprint density at radius 2 is 1.84 bits per heavy atom. The number of fused-ring (bicyclic) bond motifs is 1. The van der Waals surface area contributed by atoms with E-state index in [-0.39, 0.29) is 0 Å². The van der Waals surface area contributed by atoms with E-state index in [1.165, 1.54) is 18.4 Å². The number of nitrogens with zero attached hydrogens (tertiary/aromatic N) is 3. The Balaban J connectivity index is 1.80. The molecule has 1 aliphatic heterocycles. The number of esters is 1. The Morgan fingerprint density at radius 3 is 2.48 bits per heavy atom. The van der Waals surface area contributed by atoms with Crippen LogP contribution in [0.1, 0.15) is 36.5 Å². The summed E-state index contributed by atoms with van der Waals surface area (Å²) in [6, 6.07) is 5.00. The minimum atomic E-state index is -3.92. The Bertz CT molecular complexity index is 1170. The molecule has 0 unspecified atom stereocenters. The van der Waals surface area contributed by atoms with Crippen molar-refractivity contribution in [1.29, 1.82) is 0 Å². The fraction of sp³-hybridized carbons (Fsp3) is 0.500. The number of thiazole rings is 1. The number of hydrogen-bond acceptors (Lipinski definition) is 7. The number of amides is 2. The summed E-state index contributed by atoms with van der Waals surface area (Å²) in [5, 5.41) is 0. The molecule has 0 spiro atoms.